The van der Waals surface area contributed by atoms with Gasteiger partial charge in [0.2, 0.25) is 17.2 Å². The summed E-state index contributed by atoms with van der Waals surface area (Å²) in [7, 11) is 5.53. The van der Waals surface area contributed by atoms with Crippen LogP contribution in [0.4, 0.5) is 11.9 Å². The average molecular weight is 286 g/mol. The normalized spacial score (nSPS) is 23.5. The number of piperidine rings is 1. The number of methoxy groups -OCH3 is 1. The lowest BCUT2D eigenvalue weighted by molar-refractivity contribution is 0.0718. The number of hydrogen-bond acceptors (Lipinski definition) is 6. The van der Waals surface area contributed by atoms with E-state index in [2.05, 4.69) is 26.8 Å². The lowest BCUT2D eigenvalue weighted by Crippen LogP contribution is -2.44. The van der Waals surface area contributed by atoms with Crippen molar-refractivity contribution in [1.29, 1.82) is 0 Å². The summed E-state index contributed by atoms with van der Waals surface area (Å²) >= 11 is 5.98. The molecule has 1 fully saturated rings. The van der Waals surface area contributed by atoms with Crippen LogP contribution in [0, 0.1) is 0 Å². The van der Waals surface area contributed by atoms with E-state index < -0.39 is 0 Å². The van der Waals surface area contributed by atoms with Gasteiger partial charge in [0.25, 0.3) is 0 Å². The molecule has 0 saturated carbocycles. The molecule has 7 heteroatoms. The van der Waals surface area contributed by atoms with Crippen LogP contribution in [-0.2, 0) is 4.74 Å². The Hall–Kier alpha value is -1.14. The Labute approximate surface area is 118 Å². The number of rotatable bonds is 3. The first-order valence-electron chi connectivity index (χ1n) is 6.39. The van der Waals surface area contributed by atoms with E-state index in [0.29, 0.717) is 24.0 Å². The third kappa shape index (κ3) is 3.25. The van der Waals surface area contributed by atoms with Crippen LogP contribution in [0.25, 0.3) is 0 Å². The third-order valence-electron chi connectivity index (χ3n) is 3.40. The molecule has 1 saturated heterocycles. The fourth-order valence-electron chi connectivity index (χ4n) is 2.30. The first-order chi connectivity index (χ1) is 9.01. The van der Waals surface area contributed by atoms with E-state index in [1.165, 1.54) is 0 Å². The van der Waals surface area contributed by atoms with Gasteiger partial charge in [-0.25, -0.2) is 0 Å². The van der Waals surface area contributed by atoms with Crippen LogP contribution in [0.15, 0.2) is 0 Å². The minimum absolute atomic E-state index is 0.231. The molecule has 2 atom stereocenters. The second-order valence-electron chi connectivity index (χ2n) is 5.02. The van der Waals surface area contributed by atoms with Crippen molar-refractivity contribution in [2.75, 3.05) is 37.5 Å². The first-order valence-corrected chi connectivity index (χ1v) is 6.77. The van der Waals surface area contributed by atoms with Gasteiger partial charge >= 0.3 is 0 Å². The maximum absolute atomic E-state index is 5.98. The van der Waals surface area contributed by atoms with Crippen molar-refractivity contribution in [2.24, 2.45) is 0 Å². The Morgan fingerprint density at radius 2 is 2.05 bits per heavy atom. The van der Waals surface area contributed by atoms with Crippen molar-refractivity contribution in [1.82, 2.24) is 15.0 Å². The molecule has 0 bridgehead atoms. The molecule has 1 aliphatic heterocycles. The molecule has 0 aromatic carbocycles. The zero-order valence-electron chi connectivity index (χ0n) is 11.8. The standard InChI is InChI=1S/C12H20ClN5O/c1-8-7-9(19-4)5-6-18(8)12-15-10(13)14-11(16-12)17(2)3/h8-9H,5-7H2,1-4H3. The number of ether oxygens (including phenoxy) is 1. The second kappa shape index (κ2) is 5.88. The summed E-state index contributed by atoms with van der Waals surface area (Å²) in [5, 5.41) is 0.231. The molecule has 0 spiro atoms. The number of halogens is 1. The number of anilines is 2. The highest BCUT2D eigenvalue weighted by molar-refractivity contribution is 6.28. The second-order valence-corrected chi connectivity index (χ2v) is 5.36. The summed E-state index contributed by atoms with van der Waals surface area (Å²) in [6.07, 6.45) is 2.26. The Morgan fingerprint density at radius 1 is 1.32 bits per heavy atom. The maximum Gasteiger partial charge on any atom is 0.231 e. The Bertz CT molecular complexity index is 442. The molecule has 2 heterocycles. The van der Waals surface area contributed by atoms with Crippen LogP contribution in [0.3, 0.4) is 0 Å². The summed E-state index contributed by atoms with van der Waals surface area (Å²) in [4.78, 5) is 16.8. The van der Waals surface area contributed by atoms with Gasteiger partial charge in [-0.05, 0) is 31.4 Å². The highest BCUT2D eigenvalue weighted by atomic mass is 35.5. The first kappa shape index (κ1) is 14.3. The van der Waals surface area contributed by atoms with Gasteiger partial charge in [0.1, 0.15) is 0 Å². The van der Waals surface area contributed by atoms with E-state index in [1.54, 1.807) is 7.11 Å². The summed E-state index contributed by atoms with van der Waals surface area (Å²) in [5.74, 6) is 1.22. The molecule has 0 amide bonds. The van der Waals surface area contributed by atoms with E-state index in [4.69, 9.17) is 16.3 Å². The largest absolute Gasteiger partial charge is 0.381 e. The predicted octanol–water partition coefficient (Wildman–Crippen LogP) is 1.59. The fourth-order valence-corrected chi connectivity index (χ4v) is 2.45. The van der Waals surface area contributed by atoms with Crippen LogP contribution in [0.1, 0.15) is 19.8 Å². The van der Waals surface area contributed by atoms with E-state index in [-0.39, 0.29) is 5.28 Å². The Balaban J connectivity index is 2.22. The maximum atomic E-state index is 5.98. The molecular formula is C12H20ClN5O. The molecule has 1 aromatic heterocycles. The van der Waals surface area contributed by atoms with Crippen molar-refractivity contribution >= 4 is 23.5 Å². The van der Waals surface area contributed by atoms with Gasteiger partial charge in [0.15, 0.2) is 0 Å². The predicted molar refractivity (Wildman–Crippen MR) is 76.0 cm³/mol. The molecule has 1 aromatic rings. The topological polar surface area (TPSA) is 54.4 Å². The zero-order valence-corrected chi connectivity index (χ0v) is 12.6. The minimum Gasteiger partial charge on any atom is -0.381 e. The van der Waals surface area contributed by atoms with Crippen molar-refractivity contribution in [3.8, 4) is 0 Å². The molecule has 6 nitrogen and oxygen atoms in total. The SMILES string of the molecule is COC1CCN(c2nc(Cl)nc(N(C)C)n2)C(C)C1. The fraction of sp³-hybridized carbons (Fsp3) is 0.750. The smallest absolute Gasteiger partial charge is 0.231 e. The summed E-state index contributed by atoms with van der Waals surface area (Å²) < 4.78 is 5.42. The number of nitrogens with zero attached hydrogens (tertiary/aromatic N) is 5. The van der Waals surface area contributed by atoms with Gasteiger partial charge in [-0.3, -0.25) is 0 Å². The summed E-state index contributed by atoms with van der Waals surface area (Å²) in [6.45, 7) is 3.02. The van der Waals surface area contributed by atoms with E-state index in [9.17, 15) is 0 Å². The van der Waals surface area contributed by atoms with Crippen LogP contribution in [0.5, 0.6) is 0 Å². The Morgan fingerprint density at radius 3 is 2.63 bits per heavy atom. The molecule has 0 N–H and O–H groups in total. The van der Waals surface area contributed by atoms with Crippen molar-refractivity contribution in [3.05, 3.63) is 5.28 Å². The van der Waals surface area contributed by atoms with E-state index in [0.717, 1.165) is 19.4 Å². The summed E-state index contributed by atoms with van der Waals surface area (Å²) in [6, 6.07) is 0.326. The van der Waals surface area contributed by atoms with E-state index in [1.807, 2.05) is 19.0 Å². The van der Waals surface area contributed by atoms with Gasteiger partial charge in [0, 0.05) is 33.8 Å². The highest BCUT2D eigenvalue weighted by Crippen LogP contribution is 2.25. The molecule has 19 heavy (non-hydrogen) atoms. The molecule has 0 radical (unpaired) electrons. The molecule has 2 rings (SSSR count). The zero-order chi connectivity index (χ0) is 14.0. The van der Waals surface area contributed by atoms with Crippen LogP contribution in [0.2, 0.25) is 5.28 Å². The van der Waals surface area contributed by atoms with Gasteiger partial charge in [-0.15, -0.1) is 0 Å². The highest BCUT2D eigenvalue weighted by Gasteiger charge is 2.27. The number of aromatic nitrogens is 3. The third-order valence-corrected chi connectivity index (χ3v) is 3.57. The van der Waals surface area contributed by atoms with Crippen LogP contribution in [-0.4, -0.2) is 54.8 Å². The van der Waals surface area contributed by atoms with Gasteiger partial charge in [0.05, 0.1) is 6.10 Å². The van der Waals surface area contributed by atoms with Gasteiger partial charge in [-0.2, -0.15) is 15.0 Å². The van der Waals surface area contributed by atoms with Crippen LogP contribution >= 0.6 is 11.6 Å². The van der Waals surface area contributed by atoms with Crippen molar-refractivity contribution in [2.45, 2.75) is 31.9 Å². The molecule has 0 aliphatic carbocycles. The lowest BCUT2D eigenvalue weighted by Gasteiger charge is -2.37. The molecular weight excluding hydrogens is 266 g/mol. The molecule has 1 aliphatic rings. The van der Waals surface area contributed by atoms with E-state index >= 15 is 0 Å². The summed E-state index contributed by atoms with van der Waals surface area (Å²) in [5.41, 5.74) is 0. The Kier molecular flexibility index (Phi) is 4.42. The van der Waals surface area contributed by atoms with Crippen molar-refractivity contribution < 1.29 is 4.74 Å². The van der Waals surface area contributed by atoms with Crippen LogP contribution < -0.4 is 9.80 Å². The van der Waals surface area contributed by atoms with Crippen molar-refractivity contribution in [3.63, 3.8) is 0 Å². The average Bonchev–Trinajstić information content (AvgIpc) is 2.37. The lowest BCUT2D eigenvalue weighted by atomic mass is 10.0. The quantitative estimate of drug-likeness (QED) is 0.841. The minimum atomic E-state index is 0.231. The van der Waals surface area contributed by atoms with Gasteiger partial charge < -0.3 is 14.5 Å². The number of hydrogen-bond donors (Lipinski definition) is 0. The monoisotopic (exact) mass is 285 g/mol. The van der Waals surface area contributed by atoms with Gasteiger partial charge in [-0.1, -0.05) is 0 Å². The molecule has 2 unspecified atom stereocenters. The molecule has 106 valence electrons.